The Morgan fingerprint density at radius 3 is 1.51 bits per heavy atom. The lowest BCUT2D eigenvalue weighted by atomic mass is 10.0. The Morgan fingerprint density at radius 2 is 1.13 bits per heavy atom. The first-order valence-electron chi connectivity index (χ1n) is 11.0. The molecule has 0 aliphatic heterocycles. The zero-order valence-electron chi connectivity index (χ0n) is 20.5. The molecule has 0 bridgehead atoms. The van der Waals surface area contributed by atoms with Gasteiger partial charge in [0, 0.05) is 24.3 Å². The average molecular weight is 569 g/mol. The van der Waals surface area contributed by atoms with Crippen molar-refractivity contribution < 1.29 is 35.9 Å². The van der Waals surface area contributed by atoms with E-state index in [1.165, 1.54) is 24.3 Å². The van der Waals surface area contributed by atoms with Gasteiger partial charge in [0.15, 0.2) is 0 Å². The van der Waals surface area contributed by atoms with Gasteiger partial charge in [0.05, 0.1) is 11.1 Å². The first kappa shape index (κ1) is 33.0. The monoisotopic (exact) mass is 568 g/mol. The summed E-state index contributed by atoms with van der Waals surface area (Å²) >= 11 is 0. The summed E-state index contributed by atoms with van der Waals surface area (Å²) in [4.78, 5) is 24.3. The van der Waals surface area contributed by atoms with E-state index in [2.05, 4.69) is 9.97 Å². The molecule has 0 saturated carbocycles. The number of alkyl halides is 6. The van der Waals surface area contributed by atoms with Crippen LogP contribution in [-0.4, -0.2) is 16.1 Å². The van der Waals surface area contributed by atoms with Crippen LogP contribution in [0.4, 0.5) is 26.3 Å². The second-order valence-corrected chi connectivity index (χ2v) is 8.00. The lowest BCUT2D eigenvalue weighted by Gasteiger charge is -2.08. The van der Waals surface area contributed by atoms with Crippen LogP contribution in [-0.2, 0) is 34.8 Å². The molecule has 4 rings (SSSR count). The highest BCUT2D eigenvalue weighted by molar-refractivity contribution is 5.85. The molecular weight excluding hydrogens is 546 g/mol. The van der Waals surface area contributed by atoms with Gasteiger partial charge in [-0.05, 0) is 66.3 Å². The third-order valence-electron chi connectivity index (χ3n) is 5.02. The van der Waals surface area contributed by atoms with Crippen molar-refractivity contribution in [3.63, 3.8) is 0 Å². The molecule has 2 aromatic heterocycles. The van der Waals surface area contributed by atoms with Crippen molar-refractivity contribution in [3.8, 4) is 0 Å². The zero-order chi connectivity index (χ0) is 28.2. The summed E-state index contributed by atoms with van der Waals surface area (Å²) in [6.45, 7) is 1.87. The van der Waals surface area contributed by atoms with Crippen LogP contribution in [0.3, 0.4) is 0 Å². The van der Waals surface area contributed by atoms with Gasteiger partial charge in [-0.1, -0.05) is 48.5 Å². The molecule has 0 aliphatic carbocycles. The number of hydrogen-bond acceptors (Lipinski definition) is 4. The van der Waals surface area contributed by atoms with E-state index in [0.29, 0.717) is 24.0 Å². The van der Waals surface area contributed by atoms with E-state index >= 15 is 0 Å². The fraction of sp³-hybridized carbons (Fsp3) is 0.179. The van der Waals surface area contributed by atoms with E-state index in [1.54, 1.807) is 36.8 Å². The Balaban J connectivity index is 0.000000347. The molecule has 0 radical (unpaired) electrons. The fourth-order valence-corrected chi connectivity index (χ4v) is 3.29. The van der Waals surface area contributed by atoms with Crippen LogP contribution in [0.5, 0.6) is 0 Å². The molecule has 0 saturated heterocycles. The van der Waals surface area contributed by atoms with E-state index in [0.717, 1.165) is 29.0 Å². The predicted octanol–water partition coefficient (Wildman–Crippen LogP) is 7.53. The van der Waals surface area contributed by atoms with Crippen molar-refractivity contribution in [2.45, 2.75) is 32.1 Å². The number of benzene rings is 2. The second-order valence-electron chi connectivity index (χ2n) is 8.00. The first-order chi connectivity index (χ1) is 17.9. The van der Waals surface area contributed by atoms with Crippen molar-refractivity contribution in [1.29, 1.82) is 0 Å². The molecule has 11 heteroatoms. The number of aromatic nitrogens is 2. The van der Waals surface area contributed by atoms with Crippen LogP contribution in [0.25, 0.3) is 0 Å². The number of nitrogens with zero attached hydrogens (tertiary/aromatic N) is 2. The number of hydrogen-bond donors (Lipinski definition) is 0. The van der Waals surface area contributed by atoms with Crippen LogP contribution >= 0.6 is 12.4 Å². The first-order valence-corrected chi connectivity index (χ1v) is 11.0. The Morgan fingerprint density at radius 1 is 0.667 bits per heavy atom. The summed E-state index contributed by atoms with van der Waals surface area (Å²) in [5, 5.41) is 0. The van der Waals surface area contributed by atoms with Gasteiger partial charge in [0.1, 0.15) is 0 Å². The van der Waals surface area contributed by atoms with Gasteiger partial charge in [0.2, 0.25) is 0 Å². The molecule has 0 aliphatic rings. The Bertz CT molecular complexity index is 1320. The molecule has 0 unspecified atom stereocenters. The minimum absolute atomic E-state index is 0. The highest BCUT2D eigenvalue weighted by Gasteiger charge is 2.31. The second kappa shape index (κ2) is 15.4. The molecule has 0 N–H and O–H groups in total. The largest absolute Gasteiger partial charge is 0.416 e. The predicted molar refractivity (Wildman–Crippen MR) is 134 cm³/mol. The van der Waals surface area contributed by atoms with Crippen LogP contribution in [0.2, 0.25) is 0 Å². The molecule has 0 amide bonds. The summed E-state index contributed by atoms with van der Waals surface area (Å²) in [5.74, 6) is 0. The standard InChI is InChI=1S/C14H12F3N.C13H10F3N.CO2.ClH/c1-10-5-6-12(9-18-10)7-11-3-2-4-13(8-11)14(15,16)17;14-13(15,16)12-5-1-3-10(8-12)7-11-4-2-6-17-9-11;2-1-3;/h2-6,8-9H,7H2,1H3;1-6,8-9H,7H2;;1H. The van der Waals surface area contributed by atoms with Gasteiger partial charge in [-0.3, -0.25) is 9.97 Å². The lowest BCUT2D eigenvalue weighted by Crippen LogP contribution is -2.05. The van der Waals surface area contributed by atoms with Gasteiger partial charge >= 0.3 is 18.5 Å². The Hall–Kier alpha value is -4.01. The van der Waals surface area contributed by atoms with Gasteiger partial charge in [0.25, 0.3) is 0 Å². The summed E-state index contributed by atoms with van der Waals surface area (Å²) in [7, 11) is 0. The van der Waals surface area contributed by atoms with E-state index < -0.39 is 23.5 Å². The van der Waals surface area contributed by atoms with Crippen LogP contribution in [0.1, 0.15) is 39.1 Å². The minimum atomic E-state index is -4.29. The Labute approximate surface area is 227 Å². The van der Waals surface area contributed by atoms with Gasteiger partial charge < -0.3 is 0 Å². The fourth-order valence-electron chi connectivity index (χ4n) is 3.29. The SMILES string of the molecule is Cc1ccc(Cc2cccc(C(F)(F)F)c2)cn1.Cl.FC(F)(F)c1cccc(Cc2cccnc2)c1.O=C=O. The third-order valence-corrected chi connectivity index (χ3v) is 5.02. The molecule has 0 atom stereocenters. The Kier molecular flexibility index (Phi) is 13.0. The maximum Gasteiger partial charge on any atom is 0.416 e. The molecule has 4 nitrogen and oxygen atoms in total. The number of pyridine rings is 2. The molecule has 206 valence electrons. The zero-order valence-corrected chi connectivity index (χ0v) is 21.3. The molecule has 2 heterocycles. The van der Waals surface area contributed by atoms with Crippen molar-refractivity contribution in [3.05, 3.63) is 130 Å². The minimum Gasteiger partial charge on any atom is -0.264 e. The highest BCUT2D eigenvalue weighted by Crippen LogP contribution is 2.30. The van der Waals surface area contributed by atoms with Gasteiger partial charge in [-0.15, -0.1) is 12.4 Å². The van der Waals surface area contributed by atoms with Crippen molar-refractivity contribution >= 4 is 18.6 Å². The van der Waals surface area contributed by atoms with E-state index in [9.17, 15) is 26.3 Å². The van der Waals surface area contributed by atoms with Crippen molar-refractivity contribution in [2.24, 2.45) is 0 Å². The van der Waals surface area contributed by atoms with E-state index in [1.807, 2.05) is 25.1 Å². The third kappa shape index (κ3) is 11.9. The van der Waals surface area contributed by atoms with Gasteiger partial charge in [-0.2, -0.15) is 35.9 Å². The summed E-state index contributed by atoms with van der Waals surface area (Å²) in [5.41, 5.74) is 2.73. The topological polar surface area (TPSA) is 59.9 Å². The number of carbonyl (C=O) groups excluding carboxylic acids is 2. The van der Waals surface area contributed by atoms with Gasteiger partial charge in [-0.25, -0.2) is 0 Å². The molecule has 2 aromatic carbocycles. The summed E-state index contributed by atoms with van der Waals surface area (Å²) in [6, 6.07) is 18.1. The van der Waals surface area contributed by atoms with Crippen molar-refractivity contribution in [2.75, 3.05) is 0 Å². The number of aryl methyl sites for hydroxylation is 1. The van der Waals surface area contributed by atoms with Crippen molar-refractivity contribution in [1.82, 2.24) is 9.97 Å². The summed E-state index contributed by atoms with van der Waals surface area (Å²) in [6.07, 6.45) is -2.44. The molecule has 0 fully saturated rings. The number of halogens is 7. The molecule has 39 heavy (non-hydrogen) atoms. The van der Waals surface area contributed by atoms with E-state index in [-0.39, 0.29) is 18.6 Å². The smallest absolute Gasteiger partial charge is 0.264 e. The van der Waals surface area contributed by atoms with Crippen LogP contribution in [0, 0.1) is 6.92 Å². The molecule has 0 spiro atoms. The quantitative estimate of drug-likeness (QED) is 0.239. The van der Waals surface area contributed by atoms with Crippen LogP contribution in [0.15, 0.2) is 91.4 Å². The average Bonchev–Trinajstić information content (AvgIpc) is 2.86. The summed E-state index contributed by atoms with van der Waals surface area (Å²) < 4.78 is 75.1. The normalized spacial score (nSPS) is 10.5. The highest BCUT2D eigenvalue weighted by atomic mass is 35.5. The molecular formula is C28H23ClF6N2O2. The maximum atomic E-state index is 12.5. The maximum absolute atomic E-state index is 12.5. The van der Waals surface area contributed by atoms with E-state index in [4.69, 9.17) is 9.59 Å². The van der Waals surface area contributed by atoms with Crippen LogP contribution < -0.4 is 0 Å². The molecule has 4 aromatic rings. The lowest BCUT2D eigenvalue weighted by molar-refractivity contribution is -0.191. The number of rotatable bonds is 4.